The first-order valence-corrected chi connectivity index (χ1v) is 13.7. The van der Waals surface area contributed by atoms with Gasteiger partial charge in [0.05, 0.1) is 11.9 Å². The highest BCUT2D eigenvalue weighted by atomic mass is 16.5. The number of amides is 1. The van der Waals surface area contributed by atoms with Crippen LogP contribution >= 0.6 is 0 Å². The lowest BCUT2D eigenvalue weighted by molar-refractivity contribution is -0.111. The molecule has 0 unspecified atom stereocenters. The number of benzene rings is 5. The van der Waals surface area contributed by atoms with Crippen molar-refractivity contribution in [2.75, 3.05) is 17.3 Å². The number of anilines is 2. The van der Waals surface area contributed by atoms with Crippen molar-refractivity contribution in [2.45, 2.75) is 0 Å². The normalized spacial score (nSPS) is 11.0. The van der Waals surface area contributed by atoms with Crippen LogP contribution in [0.15, 0.2) is 181 Å². The molecule has 5 aromatic rings. The third kappa shape index (κ3) is 11.3. The topological polar surface area (TPSA) is 63.2 Å². The molecule has 0 saturated carbocycles. The number of carbonyl (C=O) groups is 1. The lowest BCUT2D eigenvalue weighted by atomic mass is 10.3. The van der Waals surface area contributed by atoms with E-state index in [1.807, 2.05) is 164 Å². The van der Waals surface area contributed by atoms with Crippen LogP contribution in [0, 0.1) is 0 Å². The molecule has 0 fully saturated rings. The SMILES string of the molecule is C(=CC(=Nc1ccccc1)Oc1ccccc1)Oc1ccccc1.CN(C=CC(=O)Nc1ccccc1)c1ccccc1. The van der Waals surface area contributed by atoms with E-state index in [-0.39, 0.29) is 5.91 Å². The van der Waals surface area contributed by atoms with Crippen LogP contribution in [-0.4, -0.2) is 18.9 Å². The average Bonchev–Trinajstić information content (AvgIpc) is 3.06. The van der Waals surface area contributed by atoms with Gasteiger partial charge in [-0.2, -0.15) is 0 Å². The van der Waals surface area contributed by atoms with Crippen LogP contribution in [0.3, 0.4) is 0 Å². The fraction of sp³-hybridized carbons (Fsp3) is 0.0270. The fourth-order valence-corrected chi connectivity index (χ4v) is 3.64. The molecule has 1 N–H and O–H groups in total. The number of rotatable bonds is 9. The summed E-state index contributed by atoms with van der Waals surface area (Å²) < 4.78 is 11.4. The quantitative estimate of drug-likeness (QED) is 0.0838. The molecule has 214 valence electrons. The summed E-state index contributed by atoms with van der Waals surface area (Å²) in [5.74, 6) is 1.78. The number of hydrogen-bond donors (Lipinski definition) is 1. The Kier molecular flexibility index (Phi) is 11.9. The Bertz CT molecular complexity index is 1590. The number of nitrogens with one attached hydrogen (secondary N) is 1. The largest absolute Gasteiger partial charge is 0.465 e. The lowest BCUT2D eigenvalue weighted by Crippen LogP contribution is -2.12. The van der Waals surface area contributed by atoms with E-state index in [0.717, 1.165) is 28.6 Å². The summed E-state index contributed by atoms with van der Waals surface area (Å²) in [6.45, 7) is 0. The van der Waals surface area contributed by atoms with Crippen LogP contribution in [-0.2, 0) is 4.79 Å². The van der Waals surface area contributed by atoms with Gasteiger partial charge in [0, 0.05) is 36.8 Å². The van der Waals surface area contributed by atoms with Crippen LogP contribution in [0.4, 0.5) is 17.1 Å². The second-order valence-corrected chi connectivity index (χ2v) is 9.05. The monoisotopic (exact) mass is 567 g/mol. The average molecular weight is 568 g/mol. The highest BCUT2D eigenvalue weighted by molar-refractivity contribution is 5.99. The number of aliphatic imine (C=N–C) groups is 1. The summed E-state index contributed by atoms with van der Waals surface area (Å²) in [6.07, 6.45) is 6.53. The zero-order valence-electron chi connectivity index (χ0n) is 23.9. The molecular weight excluding hydrogens is 534 g/mol. The molecule has 0 aromatic heterocycles. The van der Waals surface area contributed by atoms with E-state index in [9.17, 15) is 4.79 Å². The molecule has 1 amide bonds. The number of nitrogens with zero attached hydrogens (tertiary/aromatic N) is 2. The molecule has 0 aliphatic heterocycles. The molecule has 0 spiro atoms. The zero-order valence-corrected chi connectivity index (χ0v) is 23.9. The van der Waals surface area contributed by atoms with Crippen LogP contribution in [0.2, 0.25) is 0 Å². The Balaban J connectivity index is 0.000000203. The van der Waals surface area contributed by atoms with Gasteiger partial charge in [-0.25, -0.2) is 4.99 Å². The van der Waals surface area contributed by atoms with Gasteiger partial charge in [-0.3, -0.25) is 4.79 Å². The summed E-state index contributed by atoms with van der Waals surface area (Å²) in [6, 6.07) is 48.0. The minimum atomic E-state index is -0.144. The molecule has 0 saturated heterocycles. The second-order valence-electron chi connectivity index (χ2n) is 9.05. The molecule has 0 atom stereocenters. The number of carbonyl (C=O) groups excluding carboxylic acids is 1. The molecule has 5 rings (SSSR count). The van der Waals surface area contributed by atoms with E-state index in [1.165, 1.54) is 6.08 Å². The Morgan fingerprint density at radius 2 is 1.16 bits per heavy atom. The van der Waals surface area contributed by atoms with Crippen molar-refractivity contribution in [2.24, 2.45) is 4.99 Å². The third-order valence-electron chi connectivity index (χ3n) is 5.77. The lowest BCUT2D eigenvalue weighted by Gasteiger charge is -2.13. The van der Waals surface area contributed by atoms with Gasteiger partial charge in [0.1, 0.15) is 11.5 Å². The summed E-state index contributed by atoms with van der Waals surface area (Å²) in [5.41, 5.74) is 2.64. The molecule has 0 heterocycles. The minimum Gasteiger partial charge on any atom is -0.465 e. The molecule has 6 nitrogen and oxygen atoms in total. The Morgan fingerprint density at radius 1 is 0.651 bits per heavy atom. The van der Waals surface area contributed by atoms with Crippen molar-refractivity contribution in [1.29, 1.82) is 0 Å². The van der Waals surface area contributed by atoms with E-state index in [4.69, 9.17) is 9.47 Å². The third-order valence-corrected chi connectivity index (χ3v) is 5.77. The summed E-state index contributed by atoms with van der Waals surface area (Å²) >= 11 is 0. The molecule has 0 aliphatic rings. The second kappa shape index (κ2) is 17.0. The molecule has 5 aromatic carbocycles. The van der Waals surface area contributed by atoms with Gasteiger partial charge in [-0.15, -0.1) is 0 Å². The van der Waals surface area contributed by atoms with Gasteiger partial charge >= 0.3 is 0 Å². The highest BCUT2D eigenvalue weighted by Gasteiger charge is 2.01. The van der Waals surface area contributed by atoms with E-state index in [0.29, 0.717) is 5.90 Å². The number of ether oxygens (including phenoxy) is 2. The van der Waals surface area contributed by atoms with E-state index in [1.54, 1.807) is 18.5 Å². The van der Waals surface area contributed by atoms with Crippen molar-refractivity contribution < 1.29 is 14.3 Å². The van der Waals surface area contributed by atoms with Crippen molar-refractivity contribution in [3.05, 3.63) is 176 Å². The number of hydrogen-bond acceptors (Lipinski definition) is 5. The molecule has 0 aliphatic carbocycles. The smallest absolute Gasteiger partial charge is 0.249 e. The van der Waals surface area contributed by atoms with Gasteiger partial charge < -0.3 is 19.7 Å². The van der Waals surface area contributed by atoms with Crippen molar-refractivity contribution in [3.63, 3.8) is 0 Å². The van der Waals surface area contributed by atoms with Crippen LogP contribution < -0.4 is 19.7 Å². The molecular formula is C37H33N3O3. The first-order valence-electron chi connectivity index (χ1n) is 13.7. The number of para-hydroxylation sites is 5. The van der Waals surface area contributed by atoms with Crippen LogP contribution in [0.25, 0.3) is 0 Å². The predicted molar refractivity (Wildman–Crippen MR) is 176 cm³/mol. The Morgan fingerprint density at radius 3 is 1.77 bits per heavy atom. The van der Waals surface area contributed by atoms with Gasteiger partial charge in [0.15, 0.2) is 0 Å². The van der Waals surface area contributed by atoms with Crippen LogP contribution in [0.5, 0.6) is 11.5 Å². The summed E-state index contributed by atoms with van der Waals surface area (Å²) in [5, 5.41) is 2.80. The van der Waals surface area contributed by atoms with E-state index < -0.39 is 0 Å². The van der Waals surface area contributed by atoms with Crippen LogP contribution in [0.1, 0.15) is 0 Å². The Labute approximate surface area is 252 Å². The maximum Gasteiger partial charge on any atom is 0.249 e. The fourth-order valence-electron chi connectivity index (χ4n) is 3.64. The standard InChI is InChI=1S/C21H17NO2.C16H16N2O/c1-4-10-18(11-5-1)22-21(24-20-14-8-3-9-15-20)16-17-23-19-12-6-2-7-13-19;1-18(15-10-6-3-7-11-15)13-12-16(19)17-14-8-4-2-5-9-14/h1-17H;2-13H,1H3,(H,17,19). The van der Waals surface area contributed by atoms with E-state index in [2.05, 4.69) is 10.3 Å². The maximum atomic E-state index is 11.7. The minimum absolute atomic E-state index is 0.144. The summed E-state index contributed by atoms with van der Waals surface area (Å²) in [4.78, 5) is 18.1. The van der Waals surface area contributed by atoms with Gasteiger partial charge in [-0.05, 0) is 60.7 Å². The molecule has 0 radical (unpaired) electrons. The summed E-state index contributed by atoms with van der Waals surface area (Å²) in [7, 11) is 1.90. The van der Waals surface area contributed by atoms with Gasteiger partial charge in [0.25, 0.3) is 0 Å². The first-order chi connectivity index (χ1) is 21.2. The van der Waals surface area contributed by atoms with Gasteiger partial charge in [-0.1, -0.05) is 91.0 Å². The van der Waals surface area contributed by atoms with Crippen molar-refractivity contribution in [3.8, 4) is 11.5 Å². The zero-order chi connectivity index (χ0) is 30.0. The predicted octanol–water partition coefficient (Wildman–Crippen LogP) is 8.66. The molecule has 0 bridgehead atoms. The maximum absolute atomic E-state index is 11.7. The first kappa shape index (κ1) is 30.1. The highest BCUT2D eigenvalue weighted by Crippen LogP contribution is 2.15. The van der Waals surface area contributed by atoms with Gasteiger partial charge in [0.2, 0.25) is 11.8 Å². The molecule has 6 heteroatoms. The molecule has 43 heavy (non-hydrogen) atoms. The van der Waals surface area contributed by atoms with Crippen molar-refractivity contribution >= 4 is 28.9 Å². The van der Waals surface area contributed by atoms with E-state index >= 15 is 0 Å². The van der Waals surface area contributed by atoms with Crippen molar-refractivity contribution in [1.82, 2.24) is 0 Å². The Hall–Kier alpha value is -5.88.